The third kappa shape index (κ3) is 5.21. The van der Waals surface area contributed by atoms with Gasteiger partial charge in [-0.15, -0.1) is 0 Å². The highest BCUT2D eigenvalue weighted by Crippen LogP contribution is 2.41. The van der Waals surface area contributed by atoms with E-state index in [2.05, 4.69) is 39.2 Å². The molecular formula is C17H33NO5Si. The minimum Gasteiger partial charge on any atom is -0.480 e. The van der Waals surface area contributed by atoms with E-state index in [0.717, 1.165) is 0 Å². The molecule has 0 radical (unpaired) electrons. The number of aliphatic carboxylic acids is 1. The van der Waals surface area contributed by atoms with E-state index in [1.165, 1.54) is 0 Å². The summed E-state index contributed by atoms with van der Waals surface area (Å²) >= 11 is 0. The van der Waals surface area contributed by atoms with Gasteiger partial charge in [0.25, 0.3) is 0 Å². The van der Waals surface area contributed by atoms with Crippen molar-refractivity contribution in [1.82, 2.24) is 5.32 Å². The number of hydrogen-bond donors (Lipinski definition) is 2. The molecule has 1 amide bonds. The lowest BCUT2D eigenvalue weighted by atomic mass is 9.68. The summed E-state index contributed by atoms with van der Waals surface area (Å²) in [7, 11) is -1.85. The molecule has 6 nitrogen and oxygen atoms in total. The molecule has 2 N–H and O–H groups in total. The van der Waals surface area contributed by atoms with Crippen molar-refractivity contribution in [3.8, 4) is 0 Å². The van der Waals surface area contributed by atoms with Gasteiger partial charge in [-0.25, -0.2) is 9.59 Å². The Labute approximate surface area is 146 Å². The summed E-state index contributed by atoms with van der Waals surface area (Å²) in [5, 5.41) is 12.2. The van der Waals surface area contributed by atoms with Crippen LogP contribution in [0.15, 0.2) is 0 Å². The molecule has 1 saturated carbocycles. The largest absolute Gasteiger partial charge is 0.480 e. The van der Waals surface area contributed by atoms with Crippen molar-refractivity contribution < 1.29 is 23.9 Å². The first-order valence-corrected chi connectivity index (χ1v) is 11.4. The van der Waals surface area contributed by atoms with E-state index in [1.54, 1.807) is 20.8 Å². The molecule has 7 heteroatoms. The molecule has 0 saturated heterocycles. The predicted octanol–water partition coefficient (Wildman–Crippen LogP) is 3.77. The van der Waals surface area contributed by atoms with Gasteiger partial charge in [0, 0.05) is 6.61 Å². The van der Waals surface area contributed by atoms with Gasteiger partial charge < -0.3 is 19.6 Å². The number of ether oxygens (including phenoxy) is 1. The van der Waals surface area contributed by atoms with E-state index in [0.29, 0.717) is 19.4 Å². The second-order valence-corrected chi connectivity index (χ2v) is 14.2. The third-order valence-corrected chi connectivity index (χ3v) is 9.41. The number of alkyl carbamates (subject to hydrolysis) is 1. The summed E-state index contributed by atoms with van der Waals surface area (Å²) in [5.74, 6) is -0.873. The van der Waals surface area contributed by atoms with Crippen molar-refractivity contribution in [1.29, 1.82) is 0 Å². The molecule has 24 heavy (non-hydrogen) atoms. The molecular weight excluding hydrogens is 326 g/mol. The van der Waals surface area contributed by atoms with Gasteiger partial charge in [0.15, 0.2) is 8.32 Å². The standard InChI is InChI=1S/C17H33NO5Si/c1-15(2,3)23-14(21)18-17(13(19)20)9-12(10-17)11-22-24(7,8)16(4,5)6/h12H,9-11H2,1-8H3,(H,18,21)(H,19,20). The van der Waals surface area contributed by atoms with Crippen molar-refractivity contribution in [3.63, 3.8) is 0 Å². The molecule has 1 fully saturated rings. The third-order valence-electron chi connectivity index (χ3n) is 4.91. The van der Waals surface area contributed by atoms with E-state index in [4.69, 9.17) is 9.16 Å². The van der Waals surface area contributed by atoms with Crippen LogP contribution in [0.4, 0.5) is 4.79 Å². The van der Waals surface area contributed by atoms with E-state index in [9.17, 15) is 14.7 Å². The van der Waals surface area contributed by atoms with Crippen LogP contribution in [0.3, 0.4) is 0 Å². The Bertz CT molecular complexity index is 484. The van der Waals surface area contributed by atoms with Gasteiger partial charge in [0.2, 0.25) is 0 Å². The molecule has 0 atom stereocenters. The number of carbonyl (C=O) groups is 2. The highest BCUT2D eigenvalue weighted by Gasteiger charge is 2.53. The molecule has 0 aromatic rings. The Morgan fingerprint density at radius 3 is 2.04 bits per heavy atom. The van der Waals surface area contributed by atoms with Crippen molar-refractivity contribution in [2.45, 2.75) is 83.7 Å². The van der Waals surface area contributed by atoms with Crippen molar-refractivity contribution in [2.24, 2.45) is 5.92 Å². The fraction of sp³-hybridized carbons (Fsp3) is 0.882. The van der Waals surface area contributed by atoms with Crippen molar-refractivity contribution in [2.75, 3.05) is 6.61 Å². The van der Waals surface area contributed by atoms with Crippen molar-refractivity contribution >= 4 is 20.4 Å². The van der Waals surface area contributed by atoms with E-state index in [1.807, 2.05) is 0 Å². The lowest BCUT2D eigenvalue weighted by Gasteiger charge is -2.46. The van der Waals surface area contributed by atoms with Crippen LogP contribution in [0.2, 0.25) is 18.1 Å². The minimum atomic E-state index is -1.85. The topological polar surface area (TPSA) is 84.9 Å². The van der Waals surface area contributed by atoms with Gasteiger partial charge in [-0.05, 0) is 57.7 Å². The molecule has 0 spiro atoms. The molecule has 0 aromatic heterocycles. The first-order chi connectivity index (χ1) is 10.6. The number of amides is 1. The summed E-state index contributed by atoms with van der Waals surface area (Å²) in [6.07, 6.45) is 0.0560. The number of rotatable bonds is 5. The van der Waals surface area contributed by atoms with Gasteiger partial charge in [-0.1, -0.05) is 20.8 Å². The van der Waals surface area contributed by atoms with Crippen LogP contribution >= 0.6 is 0 Å². The Morgan fingerprint density at radius 1 is 1.17 bits per heavy atom. The number of carboxylic acids is 1. The van der Waals surface area contributed by atoms with Crippen LogP contribution in [0.25, 0.3) is 0 Å². The molecule has 0 unspecified atom stereocenters. The number of carbonyl (C=O) groups excluding carboxylic acids is 1. The Balaban J connectivity index is 2.59. The maximum Gasteiger partial charge on any atom is 0.408 e. The highest BCUT2D eigenvalue weighted by atomic mass is 28.4. The Hall–Kier alpha value is -1.08. The fourth-order valence-corrected chi connectivity index (χ4v) is 3.50. The van der Waals surface area contributed by atoms with E-state index < -0.39 is 31.5 Å². The summed E-state index contributed by atoms with van der Waals surface area (Å²) < 4.78 is 11.3. The molecule has 1 aliphatic carbocycles. The minimum absolute atomic E-state index is 0.120. The normalized spacial score (nSPS) is 24.9. The number of hydrogen-bond acceptors (Lipinski definition) is 4. The molecule has 0 bridgehead atoms. The zero-order chi connectivity index (χ0) is 19.0. The maximum absolute atomic E-state index is 11.9. The van der Waals surface area contributed by atoms with Gasteiger partial charge in [0.05, 0.1) is 0 Å². The average Bonchev–Trinajstić information content (AvgIpc) is 2.27. The fourth-order valence-electron chi connectivity index (χ4n) is 2.42. The molecule has 1 rings (SSSR count). The van der Waals surface area contributed by atoms with Gasteiger partial charge in [0.1, 0.15) is 11.1 Å². The zero-order valence-corrected chi connectivity index (χ0v) is 17.3. The summed E-state index contributed by atoms with van der Waals surface area (Å²) in [4.78, 5) is 23.5. The average molecular weight is 360 g/mol. The van der Waals surface area contributed by atoms with Crippen molar-refractivity contribution in [3.05, 3.63) is 0 Å². The predicted molar refractivity (Wildman–Crippen MR) is 95.6 cm³/mol. The molecule has 140 valence electrons. The molecule has 0 aliphatic heterocycles. The molecule has 0 heterocycles. The van der Waals surface area contributed by atoms with Crippen LogP contribution in [-0.4, -0.2) is 43.2 Å². The maximum atomic E-state index is 11.9. The van der Waals surface area contributed by atoms with Crippen LogP contribution in [0, 0.1) is 5.92 Å². The summed E-state index contributed by atoms with van der Waals surface area (Å²) in [6.45, 7) is 16.7. The van der Waals surface area contributed by atoms with Crippen LogP contribution in [-0.2, 0) is 14.0 Å². The lowest BCUT2D eigenvalue weighted by Crippen LogP contribution is -2.64. The van der Waals surface area contributed by atoms with E-state index >= 15 is 0 Å². The smallest absolute Gasteiger partial charge is 0.408 e. The van der Waals surface area contributed by atoms with Crippen LogP contribution < -0.4 is 5.32 Å². The van der Waals surface area contributed by atoms with Crippen LogP contribution in [0.5, 0.6) is 0 Å². The summed E-state index contributed by atoms with van der Waals surface area (Å²) in [5.41, 5.74) is -1.89. The summed E-state index contributed by atoms with van der Waals surface area (Å²) in [6, 6.07) is 0. The number of carboxylic acid groups (broad SMARTS) is 1. The second-order valence-electron chi connectivity index (χ2n) is 9.36. The quantitative estimate of drug-likeness (QED) is 0.730. The monoisotopic (exact) mass is 359 g/mol. The highest BCUT2D eigenvalue weighted by molar-refractivity contribution is 6.74. The second kappa shape index (κ2) is 6.67. The molecule has 0 aromatic carbocycles. The molecule has 1 aliphatic rings. The van der Waals surface area contributed by atoms with Crippen LogP contribution in [0.1, 0.15) is 54.4 Å². The van der Waals surface area contributed by atoms with Gasteiger partial charge >= 0.3 is 12.1 Å². The first-order valence-electron chi connectivity index (χ1n) is 8.46. The Kier molecular flexibility index (Phi) is 5.83. The van der Waals surface area contributed by atoms with Gasteiger partial charge in [-0.3, -0.25) is 0 Å². The SMILES string of the molecule is CC(C)(C)OC(=O)NC1(C(=O)O)CC(CO[Si](C)(C)C(C)(C)C)C1. The first kappa shape index (κ1) is 21.0. The number of nitrogens with one attached hydrogen (secondary N) is 1. The Morgan fingerprint density at radius 2 is 1.67 bits per heavy atom. The van der Waals surface area contributed by atoms with E-state index in [-0.39, 0.29) is 11.0 Å². The van der Waals surface area contributed by atoms with Gasteiger partial charge in [-0.2, -0.15) is 0 Å². The zero-order valence-electron chi connectivity index (χ0n) is 16.3. The lowest BCUT2D eigenvalue weighted by molar-refractivity contribution is -0.152.